The Bertz CT molecular complexity index is 1010. The number of methoxy groups -OCH3 is 2. The molecular weight excluding hydrogens is 388 g/mol. The van der Waals surface area contributed by atoms with Crippen molar-refractivity contribution in [3.05, 3.63) is 94.0 Å². The van der Waals surface area contributed by atoms with Gasteiger partial charge in [-0.2, -0.15) is 0 Å². The van der Waals surface area contributed by atoms with Gasteiger partial charge in [0.15, 0.2) is 0 Å². The highest BCUT2D eigenvalue weighted by molar-refractivity contribution is 5.78. The van der Waals surface area contributed by atoms with E-state index in [0.717, 1.165) is 35.7 Å². The van der Waals surface area contributed by atoms with Gasteiger partial charge >= 0.3 is 0 Å². The minimum absolute atomic E-state index is 0.281. The highest BCUT2D eigenvalue weighted by Crippen LogP contribution is 2.42. The second-order valence-corrected chi connectivity index (χ2v) is 8.01. The predicted octanol–water partition coefficient (Wildman–Crippen LogP) is 5.71. The van der Waals surface area contributed by atoms with Gasteiger partial charge in [0.1, 0.15) is 24.1 Å². The maximum absolute atomic E-state index is 11.5. The van der Waals surface area contributed by atoms with Crippen LogP contribution >= 0.6 is 0 Å². The molecule has 0 saturated carbocycles. The van der Waals surface area contributed by atoms with Crippen LogP contribution in [0.3, 0.4) is 0 Å². The van der Waals surface area contributed by atoms with Crippen LogP contribution in [-0.4, -0.2) is 26.8 Å². The SMILES string of the molecule is COc1ccc(C=O)cc1C(c1cccc(CC(C)C)c1)c1cc(C=O)ccc1OC. The Labute approximate surface area is 183 Å². The standard InChI is InChI=1S/C27H28O4/c1-18(2)12-19-6-5-7-22(13-19)27(23-14-20(16-28)8-10-25(23)30-3)24-15-21(17-29)9-11-26(24)31-4/h5-11,13-18,27H,12H2,1-4H3. The Morgan fingerprint density at radius 2 is 1.32 bits per heavy atom. The van der Waals surface area contributed by atoms with Crippen molar-refractivity contribution in [3.8, 4) is 11.5 Å². The van der Waals surface area contributed by atoms with E-state index in [1.54, 1.807) is 38.5 Å². The van der Waals surface area contributed by atoms with E-state index in [1.165, 1.54) is 5.56 Å². The minimum Gasteiger partial charge on any atom is -0.496 e. The van der Waals surface area contributed by atoms with E-state index in [0.29, 0.717) is 28.5 Å². The zero-order valence-electron chi connectivity index (χ0n) is 18.4. The fraction of sp³-hybridized carbons (Fsp3) is 0.259. The molecule has 3 aromatic rings. The molecule has 0 aliphatic rings. The lowest BCUT2D eigenvalue weighted by molar-refractivity contribution is 0.111. The lowest BCUT2D eigenvalue weighted by atomic mass is 9.82. The zero-order chi connectivity index (χ0) is 22.4. The third-order valence-corrected chi connectivity index (χ3v) is 5.33. The molecule has 160 valence electrons. The Morgan fingerprint density at radius 1 is 0.774 bits per heavy atom. The van der Waals surface area contributed by atoms with Crippen molar-refractivity contribution in [2.45, 2.75) is 26.2 Å². The molecule has 0 radical (unpaired) electrons. The van der Waals surface area contributed by atoms with E-state index in [9.17, 15) is 9.59 Å². The normalized spacial score (nSPS) is 10.9. The summed E-state index contributed by atoms with van der Waals surface area (Å²) in [6.45, 7) is 4.38. The van der Waals surface area contributed by atoms with Crippen LogP contribution in [-0.2, 0) is 6.42 Å². The topological polar surface area (TPSA) is 52.6 Å². The molecule has 0 atom stereocenters. The van der Waals surface area contributed by atoms with Crippen LogP contribution in [0.1, 0.15) is 62.7 Å². The van der Waals surface area contributed by atoms with E-state index < -0.39 is 0 Å². The van der Waals surface area contributed by atoms with Crippen molar-refractivity contribution in [2.24, 2.45) is 5.92 Å². The predicted molar refractivity (Wildman–Crippen MR) is 123 cm³/mol. The van der Waals surface area contributed by atoms with Gasteiger partial charge in [0, 0.05) is 28.2 Å². The number of aldehydes is 2. The van der Waals surface area contributed by atoms with Crippen molar-refractivity contribution < 1.29 is 19.1 Å². The van der Waals surface area contributed by atoms with Crippen LogP contribution in [0.5, 0.6) is 11.5 Å². The van der Waals surface area contributed by atoms with Crippen molar-refractivity contribution >= 4 is 12.6 Å². The fourth-order valence-corrected chi connectivity index (χ4v) is 4.00. The van der Waals surface area contributed by atoms with E-state index in [-0.39, 0.29) is 5.92 Å². The Kier molecular flexibility index (Phi) is 7.24. The van der Waals surface area contributed by atoms with Crippen LogP contribution in [0.4, 0.5) is 0 Å². The van der Waals surface area contributed by atoms with Crippen molar-refractivity contribution in [1.29, 1.82) is 0 Å². The van der Waals surface area contributed by atoms with Gasteiger partial charge in [-0.1, -0.05) is 38.1 Å². The maximum atomic E-state index is 11.5. The summed E-state index contributed by atoms with van der Waals surface area (Å²) >= 11 is 0. The van der Waals surface area contributed by atoms with Gasteiger partial charge in [-0.25, -0.2) is 0 Å². The first kappa shape index (κ1) is 22.3. The molecule has 0 bridgehead atoms. The number of hydrogen-bond acceptors (Lipinski definition) is 4. The van der Waals surface area contributed by atoms with Gasteiger partial charge in [0.2, 0.25) is 0 Å². The van der Waals surface area contributed by atoms with Gasteiger partial charge in [-0.05, 0) is 59.9 Å². The third-order valence-electron chi connectivity index (χ3n) is 5.33. The number of hydrogen-bond donors (Lipinski definition) is 0. The molecule has 0 aromatic heterocycles. The number of ether oxygens (including phenoxy) is 2. The number of benzene rings is 3. The lowest BCUT2D eigenvalue weighted by Crippen LogP contribution is -2.09. The highest BCUT2D eigenvalue weighted by atomic mass is 16.5. The number of rotatable bonds is 9. The Morgan fingerprint density at radius 3 is 1.77 bits per heavy atom. The smallest absolute Gasteiger partial charge is 0.150 e. The monoisotopic (exact) mass is 416 g/mol. The summed E-state index contributed by atoms with van der Waals surface area (Å²) in [5.74, 6) is 1.58. The molecule has 4 heteroatoms. The molecule has 0 heterocycles. The van der Waals surface area contributed by atoms with Crippen LogP contribution < -0.4 is 9.47 Å². The third kappa shape index (κ3) is 5.02. The summed E-state index contributed by atoms with van der Waals surface area (Å²) in [7, 11) is 3.23. The summed E-state index contributed by atoms with van der Waals surface area (Å²) < 4.78 is 11.3. The molecule has 0 aliphatic heterocycles. The molecule has 0 spiro atoms. The highest BCUT2D eigenvalue weighted by Gasteiger charge is 2.25. The largest absolute Gasteiger partial charge is 0.496 e. The summed E-state index contributed by atoms with van der Waals surface area (Å²) in [6.07, 6.45) is 2.61. The maximum Gasteiger partial charge on any atom is 0.150 e. The van der Waals surface area contributed by atoms with Crippen molar-refractivity contribution in [3.63, 3.8) is 0 Å². The second kappa shape index (κ2) is 10.1. The quantitative estimate of drug-likeness (QED) is 0.331. The molecule has 0 aliphatic carbocycles. The van der Waals surface area contributed by atoms with Crippen molar-refractivity contribution in [1.82, 2.24) is 0 Å². The van der Waals surface area contributed by atoms with Crippen molar-refractivity contribution in [2.75, 3.05) is 14.2 Å². The average molecular weight is 417 g/mol. The molecule has 0 fully saturated rings. The molecule has 0 unspecified atom stereocenters. The first-order valence-electron chi connectivity index (χ1n) is 10.4. The molecular formula is C27H28O4. The Balaban J connectivity index is 2.31. The average Bonchev–Trinajstić information content (AvgIpc) is 2.79. The van der Waals surface area contributed by atoms with Gasteiger partial charge in [0.05, 0.1) is 14.2 Å². The van der Waals surface area contributed by atoms with Gasteiger partial charge in [0.25, 0.3) is 0 Å². The second-order valence-electron chi connectivity index (χ2n) is 8.01. The first-order valence-corrected chi connectivity index (χ1v) is 10.4. The van der Waals surface area contributed by atoms with Gasteiger partial charge in [-0.15, -0.1) is 0 Å². The molecule has 0 amide bonds. The molecule has 3 aromatic carbocycles. The van der Waals surface area contributed by atoms with Crippen LogP contribution in [0.2, 0.25) is 0 Å². The summed E-state index contributed by atoms with van der Waals surface area (Å²) in [5.41, 5.74) is 5.08. The van der Waals surface area contributed by atoms with E-state index >= 15 is 0 Å². The molecule has 4 nitrogen and oxygen atoms in total. The molecule has 0 saturated heterocycles. The fourth-order valence-electron chi connectivity index (χ4n) is 4.00. The summed E-state index contributed by atoms with van der Waals surface area (Å²) in [5, 5.41) is 0. The van der Waals surface area contributed by atoms with Gasteiger partial charge < -0.3 is 9.47 Å². The Hall–Kier alpha value is -3.40. The summed E-state index contributed by atoms with van der Waals surface area (Å²) in [6, 6.07) is 19.2. The molecule has 0 N–H and O–H groups in total. The molecule has 3 rings (SSSR count). The van der Waals surface area contributed by atoms with E-state index in [1.807, 2.05) is 18.2 Å². The van der Waals surface area contributed by atoms with Gasteiger partial charge in [-0.3, -0.25) is 9.59 Å². The zero-order valence-corrected chi connectivity index (χ0v) is 18.4. The van der Waals surface area contributed by atoms with Crippen LogP contribution in [0.25, 0.3) is 0 Å². The summed E-state index contributed by atoms with van der Waals surface area (Å²) in [4.78, 5) is 23.1. The van der Waals surface area contributed by atoms with Crippen LogP contribution in [0.15, 0.2) is 60.7 Å². The number of carbonyl (C=O) groups is 2. The number of carbonyl (C=O) groups excluding carboxylic acids is 2. The first-order chi connectivity index (χ1) is 15.0. The van der Waals surface area contributed by atoms with Crippen LogP contribution in [0, 0.1) is 5.92 Å². The van der Waals surface area contributed by atoms with E-state index in [2.05, 4.69) is 32.0 Å². The minimum atomic E-state index is -0.281. The lowest BCUT2D eigenvalue weighted by Gasteiger charge is -2.24. The molecule has 31 heavy (non-hydrogen) atoms. The van der Waals surface area contributed by atoms with E-state index in [4.69, 9.17) is 9.47 Å².